The molecule has 4 nitrogen and oxygen atoms in total. The number of carbonyl (C=O) groups excluding carboxylic acids is 1. The molecule has 0 radical (unpaired) electrons. The van der Waals surface area contributed by atoms with Crippen molar-refractivity contribution in [2.24, 2.45) is 5.92 Å². The Kier molecular flexibility index (Phi) is 4.13. The van der Waals surface area contributed by atoms with Crippen molar-refractivity contribution in [3.8, 4) is 0 Å². The Morgan fingerprint density at radius 2 is 1.79 bits per heavy atom. The molecule has 3 rings (SSSR count). The van der Waals surface area contributed by atoms with Gasteiger partial charge in [0, 0.05) is 37.7 Å². The summed E-state index contributed by atoms with van der Waals surface area (Å²) in [6.45, 7) is 6.69. The number of ether oxygens (including phenoxy) is 1. The SMILES string of the molecule is CC(C)(C)OC(=O)N1CC2CCN(c3c(F)cc(F)cc3F)C2C1. The van der Waals surface area contributed by atoms with Crippen molar-refractivity contribution in [3.63, 3.8) is 0 Å². The maximum Gasteiger partial charge on any atom is 0.410 e. The van der Waals surface area contributed by atoms with Crippen LogP contribution >= 0.6 is 0 Å². The highest BCUT2D eigenvalue weighted by atomic mass is 19.1. The van der Waals surface area contributed by atoms with Crippen molar-refractivity contribution in [2.75, 3.05) is 24.5 Å². The second-order valence-corrected chi connectivity index (χ2v) is 7.41. The van der Waals surface area contributed by atoms with Crippen molar-refractivity contribution in [1.29, 1.82) is 0 Å². The van der Waals surface area contributed by atoms with Gasteiger partial charge in [0.2, 0.25) is 0 Å². The number of likely N-dealkylation sites (tertiary alicyclic amines) is 1. The normalized spacial score (nSPS) is 23.6. The van der Waals surface area contributed by atoms with Crippen LogP contribution in [0.4, 0.5) is 23.7 Å². The summed E-state index contributed by atoms with van der Waals surface area (Å²) in [7, 11) is 0. The molecule has 132 valence electrons. The Balaban J connectivity index is 1.78. The maximum atomic E-state index is 14.1. The highest BCUT2D eigenvalue weighted by Gasteiger charge is 2.45. The maximum absolute atomic E-state index is 14.1. The minimum Gasteiger partial charge on any atom is -0.444 e. The van der Waals surface area contributed by atoms with Crippen LogP contribution in [0.15, 0.2) is 12.1 Å². The molecule has 0 spiro atoms. The van der Waals surface area contributed by atoms with E-state index in [2.05, 4.69) is 0 Å². The number of amides is 1. The third kappa shape index (κ3) is 3.16. The number of carbonyl (C=O) groups is 1. The number of hydrogen-bond acceptors (Lipinski definition) is 3. The molecule has 0 saturated carbocycles. The molecule has 0 bridgehead atoms. The van der Waals surface area contributed by atoms with Gasteiger partial charge in [0.1, 0.15) is 17.1 Å². The summed E-state index contributed by atoms with van der Waals surface area (Å²) in [5.74, 6) is -2.64. The van der Waals surface area contributed by atoms with E-state index in [1.165, 1.54) is 0 Å². The van der Waals surface area contributed by atoms with Crippen molar-refractivity contribution in [1.82, 2.24) is 4.90 Å². The zero-order valence-corrected chi connectivity index (χ0v) is 14.0. The fourth-order valence-corrected chi connectivity index (χ4v) is 3.52. The number of nitrogens with zero attached hydrogens (tertiary/aromatic N) is 2. The quantitative estimate of drug-likeness (QED) is 0.782. The van der Waals surface area contributed by atoms with Gasteiger partial charge in [-0.1, -0.05) is 0 Å². The summed E-state index contributed by atoms with van der Waals surface area (Å²) < 4.78 is 46.6. The summed E-state index contributed by atoms with van der Waals surface area (Å²) in [4.78, 5) is 15.4. The number of benzene rings is 1. The largest absolute Gasteiger partial charge is 0.444 e. The smallest absolute Gasteiger partial charge is 0.410 e. The molecule has 2 saturated heterocycles. The van der Waals surface area contributed by atoms with Gasteiger partial charge in [0.05, 0.1) is 6.04 Å². The van der Waals surface area contributed by atoms with Gasteiger partial charge in [-0.3, -0.25) is 0 Å². The molecule has 24 heavy (non-hydrogen) atoms. The monoisotopic (exact) mass is 342 g/mol. The van der Waals surface area contributed by atoms with Gasteiger partial charge in [0.15, 0.2) is 11.6 Å². The summed E-state index contributed by atoms with van der Waals surface area (Å²) in [5, 5.41) is 0. The lowest BCUT2D eigenvalue weighted by Gasteiger charge is -2.28. The molecule has 2 heterocycles. The Bertz CT molecular complexity index is 637. The molecule has 1 aromatic rings. The van der Waals surface area contributed by atoms with Gasteiger partial charge in [-0.05, 0) is 27.2 Å². The van der Waals surface area contributed by atoms with E-state index in [1.807, 2.05) is 0 Å². The minimum atomic E-state index is -0.939. The van der Waals surface area contributed by atoms with E-state index in [9.17, 15) is 18.0 Å². The average Bonchev–Trinajstić information content (AvgIpc) is 2.97. The molecule has 0 aromatic heterocycles. The Morgan fingerprint density at radius 1 is 1.17 bits per heavy atom. The molecule has 2 fully saturated rings. The summed E-state index contributed by atoms with van der Waals surface area (Å²) in [5.41, 5.74) is -0.807. The number of rotatable bonds is 1. The van der Waals surface area contributed by atoms with Crippen molar-refractivity contribution < 1.29 is 22.7 Å². The van der Waals surface area contributed by atoms with Crippen LogP contribution in [0.5, 0.6) is 0 Å². The van der Waals surface area contributed by atoms with Gasteiger partial charge < -0.3 is 14.5 Å². The zero-order valence-electron chi connectivity index (χ0n) is 14.0. The van der Waals surface area contributed by atoms with Gasteiger partial charge in [-0.15, -0.1) is 0 Å². The lowest BCUT2D eigenvalue weighted by molar-refractivity contribution is 0.0284. The first-order valence-corrected chi connectivity index (χ1v) is 8.05. The first-order valence-electron chi connectivity index (χ1n) is 8.05. The van der Waals surface area contributed by atoms with E-state index in [4.69, 9.17) is 4.74 Å². The molecule has 2 aliphatic heterocycles. The molecule has 7 heteroatoms. The first kappa shape index (κ1) is 16.9. The van der Waals surface area contributed by atoms with Gasteiger partial charge in [0.25, 0.3) is 0 Å². The average molecular weight is 342 g/mol. The summed E-state index contributed by atoms with van der Waals surface area (Å²) >= 11 is 0. The van der Waals surface area contributed by atoms with Gasteiger partial charge in [-0.2, -0.15) is 0 Å². The van der Waals surface area contributed by atoms with Crippen molar-refractivity contribution >= 4 is 11.8 Å². The van der Waals surface area contributed by atoms with Crippen LogP contribution in [0.25, 0.3) is 0 Å². The molecule has 0 aliphatic carbocycles. The van der Waals surface area contributed by atoms with Crippen molar-refractivity contribution in [3.05, 3.63) is 29.6 Å². The van der Waals surface area contributed by atoms with Crippen LogP contribution in [-0.2, 0) is 4.74 Å². The number of halogens is 3. The van der Waals surface area contributed by atoms with E-state index in [-0.39, 0.29) is 17.6 Å². The third-order valence-electron chi connectivity index (χ3n) is 4.47. The van der Waals surface area contributed by atoms with E-state index in [1.54, 1.807) is 30.6 Å². The molecular formula is C17H21F3N2O2. The fraction of sp³-hybridized carbons (Fsp3) is 0.588. The fourth-order valence-electron chi connectivity index (χ4n) is 3.52. The molecule has 2 aliphatic rings. The highest BCUT2D eigenvalue weighted by Crippen LogP contribution is 2.38. The van der Waals surface area contributed by atoms with Crippen LogP contribution in [0, 0.1) is 23.4 Å². The van der Waals surface area contributed by atoms with Crippen LogP contribution in [0.3, 0.4) is 0 Å². The Morgan fingerprint density at radius 3 is 2.38 bits per heavy atom. The van der Waals surface area contributed by atoms with Crippen LogP contribution < -0.4 is 4.90 Å². The van der Waals surface area contributed by atoms with Gasteiger partial charge in [-0.25, -0.2) is 18.0 Å². The second-order valence-electron chi connectivity index (χ2n) is 7.41. The Hall–Kier alpha value is -1.92. The number of fused-ring (bicyclic) bond motifs is 1. The van der Waals surface area contributed by atoms with Crippen LogP contribution in [0.2, 0.25) is 0 Å². The predicted molar refractivity (Wildman–Crippen MR) is 83.4 cm³/mol. The third-order valence-corrected chi connectivity index (χ3v) is 4.47. The standard InChI is InChI=1S/C17H21F3N2O2/c1-17(2,3)24-16(23)21-8-10-4-5-22(14(10)9-21)15-12(19)6-11(18)7-13(15)20/h6-7,10,14H,4-5,8-9H2,1-3H3. The summed E-state index contributed by atoms with van der Waals surface area (Å²) in [6.07, 6.45) is 0.303. The van der Waals surface area contributed by atoms with E-state index in [0.717, 1.165) is 6.42 Å². The van der Waals surface area contributed by atoms with E-state index < -0.39 is 29.1 Å². The second kappa shape index (κ2) is 5.86. The first-order chi connectivity index (χ1) is 11.2. The lowest BCUT2D eigenvalue weighted by atomic mass is 10.0. The number of anilines is 1. The zero-order chi connectivity index (χ0) is 17.6. The molecule has 1 aromatic carbocycles. The molecule has 2 atom stereocenters. The predicted octanol–water partition coefficient (Wildman–Crippen LogP) is 3.55. The van der Waals surface area contributed by atoms with Crippen LogP contribution in [0.1, 0.15) is 27.2 Å². The Labute approximate surface area is 139 Å². The van der Waals surface area contributed by atoms with E-state index in [0.29, 0.717) is 31.8 Å². The number of hydrogen-bond donors (Lipinski definition) is 0. The minimum absolute atomic E-state index is 0.126. The molecule has 2 unspecified atom stereocenters. The molecular weight excluding hydrogens is 321 g/mol. The topological polar surface area (TPSA) is 32.8 Å². The molecule has 1 amide bonds. The highest BCUT2D eigenvalue weighted by molar-refractivity contribution is 5.69. The molecule has 0 N–H and O–H groups in total. The summed E-state index contributed by atoms with van der Waals surface area (Å²) in [6, 6.07) is 1.19. The van der Waals surface area contributed by atoms with Crippen molar-refractivity contribution in [2.45, 2.75) is 38.8 Å². The van der Waals surface area contributed by atoms with E-state index >= 15 is 0 Å². The van der Waals surface area contributed by atoms with Gasteiger partial charge >= 0.3 is 6.09 Å². The lowest BCUT2D eigenvalue weighted by Crippen LogP contribution is -2.40. The van der Waals surface area contributed by atoms with Crippen LogP contribution in [-0.4, -0.2) is 42.3 Å².